The molecule has 5 rings (SSSR count). The molecule has 2 atom stereocenters. The van der Waals surface area contributed by atoms with Gasteiger partial charge in [-0.05, 0) is 74.6 Å². The first-order chi connectivity index (χ1) is 17.3. The first-order valence-corrected chi connectivity index (χ1v) is 12.5. The van der Waals surface area contributed by atoms with E-state index in [2.05, 4.69) is 37.4 Å². The van der Waals surface area contributed by atoms with Crippen LogP contribution in [-0.4, -0.2) is 35.2 Å². The highest BCUT2D eigenvalue weighted by Crippen LogP contribution is 2.33. The largest absolute Gasteiger partial charge is 0.346 e. The third kappa shape index (κ3) is 4.39. The molecule has 2 heterocycles. The fourth-order valence-electron chi connectivity index (χ4n) is 5.44. The number of anilines is 1. The molecule has 6 heteroatoms. The van der Waals surface area contributed by atoms with Crippen LogP contribution in [0.15, 0.2) is 66.7 Å². The molecule has 0 spiro atoms. The van der Waals surface area contributed by atoms with Gasteiger partial charge in [0, 0.05) is 12.1 Å². The Bertz CT molecular complexity index is 1350. The number of nitrogens with one attached hydrogen (secondary N) is 1. The second-order valence-corrected chi connectivity index (χ2v) is 9.85. The molecule has 0 radical (unpaired) electrons. The summed E-state index contributed by atoms with van der Waals surface area (Å²) in [4.78, 5) is 43.3. The SMILES string of the molecule is Cc1ccc([C@@H](C)NC(=O)c2cccc(CN3C(=O)[C@@H]4CCCN4C(=O)c4ccccc43)c2)c(C)c1. The molecule has 0 aromatic heterocycles. The molecule has 1 fully saturated rings. The lowest BCUT2D eigenvalue weighted by Crippen LogP contribution is -2.44. The van der Waals surface area contributed by atoms with E-state index in [0.717, 1.165) is 23.1 Å². The van der Waals surface area contributed by atoms with Crippen LogP contribution in [0.1, 0.15) is 68.8 Å². The Morgan fingerprint density at radius 2 is 1.83 bits per heavy atom. The van der Waals surface area contributed by atoms with Crippen molar-refractivity contribution in [1.29, 1.82) is 0 Å². The van der Waals surface area contributed by atoms with Gasteiger partial charge in [-0.1, -0.05) is 48.0 Å². The molecular formula is C30H31N3O3. The second-order valence-electron chi connectivity index (χ2n) is 9.85. The summed E-state index contributed by atoms with van der Waals surface area (Å²) in [6, 6.07) is 20.3. The van der Waals surface area contributed by atoms with Crippen molar-refractivity contribution in [1.82, 2.24) is 10.2 Å². The van der Waals surface area contributed by atoms with Gasteiger partial charge in [0.2, 0.25) is 5.91 Å². The Morgan fingerprint density at radius 3 is 2.64 bits per heavy atom. The Hall–Kier alpha value is -3.93. The number of nitrogens with zero attached hydrogens (tertiary/aromatic N) is 2. The molecular weight excluding hydrogens is 450 g/mol. The predicted molar refractivity (Wildman–Crippen MR) is 140 cm³/mol. The van der Waals surface area contributed by atoms with Gasteiger partial charge in [-0.15, -0.1) is 0 Å². The standard InChI is InChI=1S/C30H31N3O3/c1-19-13-14-24(20(2)16-19)21(3)31-28(34)23-9-6-8-22(17-23)18-33-26-11-5-4-10-25(26)29(35)32-15-7-12-27(32)30(33)36/h4-6,8-11,13-14,16-17,21,27H,7,12,15,18H2,1-3H3,(H,31,34)/t21-,27+/m1/s1. The van der Waals surface area contributed by atoms with Gasteiger partial charge in [0.1, 0.15) is 6.04 Å². The number of fused-ring (bicyclic) bond motifs is 2. The quantitative estimate of drug-likeness (QED) is 0.561. The Balaban J connectivity index is 1.39. The van der Waals surface area contributed by atoms with Gasteiger partial charge in [0.15, 0.2) is 0 Å². The summed E-state index contributed by atoms with van der Waals surface area (Å²) < 4.78 is 0. The summed E-state index contributed by atoms with van der Waals surface area (Å²) >= 11 is 0. The Morgan fingerprint density at radius 1 is 1.03 bits per heavy atom. The molecule has 0 aliphatic carbocycles. The van der Waals surface area contributed by atoms with Crippen molar-refractivity contribution in [3.05, 3.63) is 100 Å². The smallest absolute Gasteiger partial charge is 0.256 e. The summed E-state index contributed by atoms with van der Waals surface area (Å²) in [5.41, 5.74) is 5.97. The molecule has 6 nitrogen and oxygen atoms in total. The van der Waals surface area contributed by atoms with Gasteiger partial charge in [-0.2, -0.15) is 0 Å². The van der Waals surface area contributed by atoms with Crippen molar-refractivity contribution in [2.75, 3.05) is 11.4 Å². The highest BCUT2D eigenvalue weighted by atomic mass is 16.2. The third-order valence-electron chi connectivity index (χ3n) is 7.26. The summed E-state index contributed by atoms with van der Waals surface area (Å²) in [6.45, 7) is 6.99. The third-order valence-corrected chi connectivity index (χ3v) is 7.26. The monoisotopic (exact) mass is 481 g/mol. The van der Waals surface area contributed by atoms with Crippen LogP contribution in [0.3, 0.4) is 0 Å². The fraction of sp³-hybridized carbons (Fsp3) is 0.300. The number of para-hydroxylation sites is 1. The summed E-state index contributed by atoms with van der Waals surface area (Å²) in [6.07, 6.45) is 1.50. The summed E-state index contributed by atoms with van der Waals surface area (Å²) in [5, 5.41) is 3.10. The Kier molecular flexibility index (Phi) is 6.35. The van der Waals surface area contributed by atoms with E-state index in [-0.39, 0.29) is 23.8 Å². The zero-order valence-corrected chi connectivity index (χ0v) is 21.0. The summed E-state index contributed by atoms with van der Waals surface area (Å²) in [5.74, 6) is -0.314. The molecule has 3 aromatic rings. The number of benzene rings is 3. The van der Waals surface area contributed by atoms with Crippen LogP contribution in [0.2, 0.25) is 0 Å². The lowest BCUT2D eigenvalue weighted by Gasteiger charge is -2.26. The second kappa shape index (κ2) is 9.61. The number of aryl methyl sites for hydroxylation is 2. The first kappa shape index (κ1) is 23.8. The molecule has 0 saturated carbocycles. The number of amides is 3. The number of rotatable bonds is 5. The number of hydrogen-bond donors (Lipinski definition) is 1. The zero-order valence-electron chi connectivity index (χ0n) is 21.0. The van der Waals surface area contributed by atoms with Crippen LogP contribution in [0.25, 0.3) is 0 Å². The van der Waals surface area contributed by atoms with Crippen molar-refractivity contribution in [3.63, 3.8) is 0 Å². The molecule has 3 aromatic carbocycles. The highest BCUT2D eigenvalue weighted by molar-refractivity contribution is 6.11. The van der Waals surface area contributed by atoms with E-state index in [1.54, 1.807) is 21.9 Å². The minimum Gasteiger partial charge on any atom is -0.346 e. The lowest BCUT2D eigenvalue weighted by atomic mass is 10.00. The van der Waals surface area contributed by atoms with E-state index >= 15 is 0 Å². The van der Waals surface area contributed by atoms with E-state index in [1.165, 1.54) is 5.56 Å². The maximum atomic E-state index is 13.6. The van der Waals surface area contributed by atoms with E-state index in [1.807, 2.05) is 43.3 Å². The van der Waals surface area contributed by atoms with Gasteiger partial charge in [0.25, 0.3) is 11.8 Å². The predicted octanol–water partition coefficient (Wildman–Crippen LogP) is 4.95. The van der Waals surface area contributed by atoms with Gasteiger partial charge in [0.05, 0.1) is 23.8 Å². The van der Waals surface area contributed by atoms with Crippen molar-refractivity contribution in [2.24, 2.45) is 0 Å². The van der Waals surface area contributed by atoms with Crippen LogP contribution in [0, 0.1) is 13.8 Å². The zero-order chi connectivity index (χ0) is 25.4. The highest BCUT2D eigenvalue weighted by Gasteiger charge is 2.41. The van der Waals surface area contributed by atoms with Crippen LogP contribution < -0.4 is 10.2 Å². The fourth-order valence-corrected chi connectivity index (χ4v) is 5.44. The average Bonchev–Trinajstić information content (AvgIpc) is 3.34. The summed E-state index contributed by atoms with van der Waals surface area (Å²) in [7, 11) is 0. The minimum absolute atomic E-state index is 0.0656. The number of hydrogen-bond acceptors (Lipinski definition) is 3. The maximum absolute atomic E-state index is 13.6. The lowest BCUT2D eigenvalue weighted by molar-refractivity contribution is -0.122. The molecule has 3 amide bonds. The minimum atomic E-state index is -0.435. The van der Waals surface area contributed by atoms with Gasteiger partial charge < -0.3 is 15.1 Å². The van der Waals surface area contributed by atoms with Crippen molar-refractivity contribution in [3.8, 4) is 0 Å². The van der Waals surface area contributed by atoms with E-state index in [4.69, 9.17) is 0 Å². The molecule has 36 heavy (non-hydrogen) atoms. The molecule has 0 bridgehead atoms. The molecule has 184 valence electrons. The Labute approximate surface area is 211 Å². The molecule has 1 N–H and O–H groups in total. The molecule has 2 aliphatic heterocycles. The van der Waals surface area contributed by atoms with Gasteiger partial charge in [-0.25, -0.2) is 0 Å². The van der Waals surface area contributed by atoms with E-state index in [9.17, 15) is 14.4 Å². The van der Waals surface area contributed by atoms with Crippen molar-refractivity contribution in [2.45, 2.75) is 52.2 Å². The normalized spacial score (nSPS) is 17.9. The van der Waals surface area contributed by atoms with Crippen LogP contribution >= 0.6 is 0 Å². The van der Waals surface area contributed by atoms with Gasteiger partial charge >= 0.3 is 0 Å². The van der Waals surface area contributed by atoms with Crippen LogP contribution in [0.4, 0.5) is 5.69 Å². The molecule has 0 unspecified atom stereocenters. The molecule has 1 saturated heterocycles. The van der Waals surface area contributed by atoms with E-state index < -0.39 is 6.04 Å². The van der Waals surface area contributed by atoms with Crippen LogP contribution in [0.5, 0.6) is 0 Å². The molecule has 2 aliphatic rings. The average molecular weight is 482 g/mol. The number of carbonyl (C=O) groups is 3. The number of carbonyl (C=O) groups excluding carboxylic acids is 3. The van der Waals surface area contributed by atoms with Crippen molar-refractivity contribution >= 4 is 23.4 Å². The van der Waals surface area contributed by atoms with Crippen molar-refractivity contribution < 1.29 is 14.4 Å². The van der Waals surface area contributed by atoms with Gasteiger partial charge in [-0.3, -0.25) is 14.4 Å². The first-order valence-electron chi connectivity index (χ1n) is 12.5. The van der Waals surface area contributed by atoms with Crippen LogP contribution in [-0.2, 0) is 11.3 Å². The topological polar surface area (TPSA) is 69.7 Å². The van der Waals surface area contributed by atoms with E-state index in [0.29, 0.717) is 36.3 Å². The maximum Gasteiger partial charge on any atom is 0.256 e.